The Kier molecular flexibility index (Phi) is 4.55. The summed E-state index contributed by atoms with van der Waals surface area (Å²) >= 11 is 0. The van der Waals surface area contributed by atoms with E-state index in [4.69, 9.17) is 0 Å². The van der Waals surface area contributed by atoms with Gasteiger partial charge in [-0.25, -0.2) is 8.42 Å². The lowest BCUT2D eigenvalue weighted by Crippen LogP contribution is -2.56. The number of rotatable bonds is 5. The maximum absolute atomic E-state index is 11.7. The summed E-state index contributed by atoms with van der Waals surface area (Å²) in [6, 6.07) is 0. The average Bonchev–Trinajstić information content (AvgIpc) is 2.21. The molecule has 0 unspecified atom stereocenters. The molecule has 0 atom stereocenters. The van der Waals surface area contributed by atoms with E-state index in [1.807, 2.05) is 0 Å². The maximum Gasteiger partial charge on any atom is 0.324 e. The molecule has 17 heavy (non-hydrogen) atoms. The minimum atomic E-state index is -3.48. The van der Waals surface area contributed by atoms with Crippen LogP contribution in [0.1, 0.15) is 46.0 Å². The van der Waals surface area contributed by atoms with Crippen molar-refractivity contribution < 1.29 is 18.3 Å². The van der Waals surface area contributed by atoms with Crippen LogP contribution in [0.25, 0.3) is 0 Å². The molecule has 100 valence electrons. The Morgan fingerprint density at radius 1 is 1.41 bits per heavy atom. The summed E-state index contributed by atoms with van der Waals surface area (Å²) < 4.78 is 25.8. The van der Waals surface area contributed by atoms with Gasteiger partial charge in [-0.3, -0.25) is 4.79 Å². The molecule has 5 nitrogen and oxygen atoms in total. The van der Waals surface area contributed by atoms with Gasteiger partial charge in [-0.05, 0) is 38.0 Å². The van der Waals surface area contributed by atoms with Gasteiger partial charge in [-0.2, -0.15) is 4.72 Å². The predicted molar refractivity (Wildman–Crippen MR) is 65.2 cm³/mol. The molecule has 0 aromatic carbocycles. The number of carboxylic acid groups (broad SMARTS) is 1. The molecule has 0 bridgehead atoms. The summed E-state index contributed by atoms with van der Waals surface area (Å²) in [5, 5.41) is 9.28. The highest BCUT2D eigenvalue weighted by Gasteiger charge is 2.43. The molecule has 2 N–H and O–H groups in total. The molecule has 1 fully saturated rings. The quantitative estimate of drug-likeness (QED) is 0.784. The number of nitrogens with one attached hydrogen (secondary N) is 1. The van der Waals surface area contributed by atoms with Crippen molar-refractivity contribution in [1.82, 2.24) is 4.72 Å². The first kappa shape index (κ1) is 14.4. The lowest BCUT2D eigenvalue weighted by molar-refractivity contribution is -0.145. The third kappa shape index (κ3) is 3.67. The number of hydrogen-bond donors (Lipinski definition) is 2. The Balaban J connectivity index is 2.84. The van der Waals surface area contributed by atoms with Crippen molar-refractivity contribution in [2.24, 2.45) is 5.92 Å². The molecule has 1 aliphatic rings. The van der Waals surface area contributed by atoms with E-state index in [2.05, 4.69) is 11.6 Å². The molecule has 0 amide bonds. The van der Waals surface area contributed by atoms with Crippen LogP contribution in [0.4, 0.5) is 0 Å². The smallest absolute Gasteiger partial charge is 0.324 e. The van der Waals surface area contributed by atoms with Crippen molar-refractivity contribution in [3.8, 4) is 0 Å². The van der Waals surface area contributed by atoms with Gasteiger partial charge in [0.1, 0.15) is 5.54 Å². The van der Waals surface area contributed by atoms with Crippen LogP contribution in [0.15, 0.2) is 0 Å². The number of carboxylic acids is 1. The van der Waals surface area contributed by atoms with E-state index in [0.717, 1.165) is 12.8 Å². The van der Waals surface area contributed by atoms with Gasteiger partial charge in [-0.15, -0.1) is 0 Å². The van der Waals surface area contributed by atoms with Crippen molar-refractivity contribution >= 4 is 16.0 Å². The first-order chi connectivity index (χ1) is 7.81. The normalized spacial score (nSPS) is 30.1. The minimum absolute atomic E-state index is 0.0163. The minimum Gasteiger partial charge on any atom is -0.480 e. The van der Waals surface area contributed by atoms with Gasteiger partial charge in [0.25, 0.3) is 0 Å². The largest absolute Gasteiger partial charge is 0.480 e. The van der Waals surface area contributed by atoms with Gasteiger partial charge in [0.05, 0.1) is 5.75 Å². The Hall–Kier alpha value is -0.620. The van der Waals surface area contributed by atoms with Gasteiger partial charge >= 0.3 is 5.97 Å². The van der Waals surface area contributed by atoms with E-state index in [-0.39, 0.29) is 5.75 Å². The summed E-state index contributed by atoms with van der Waals surface area (Å²) in [5.41, 5.74) is -1.28. The fourth-order valence-corrected chi connectivity index (χ4v) is 3.76. The SMILES string of the molecule is CCCS(=O)(=O)NC1(C(=O)O)CCC(C)CC1. The fourth-order valence-electron chi connectivity index (χ4n) is 2.23. The monoisotopic (exact) mass is 263 g/mol. The lowest BCUT2D eigenvalue weighted by Gasteiger charge is -2.36. The van der Waals surface area contributed by atoms with E-state index in [1.54, 1.807) is 6.92 Å². The zero-order chi connectivity index (χ0) is 13.1. The molecule has 0 spiro atoms. The maximum atomic E-state index is 11.7. The second-order valence-corrected chi connectivity index (χ2v) is 6.83. The second kappa shape index (κ2) is 5.35. The summed E-state index contributed by atoms with van der Waals surface area (Å²) in [7, 11) is -3.48. The average molecular weight is 263 g/mol. The third-order valence-electron chi connectivity index (χ3n) is 3.36. The number of aliphatic carboxylic acids is 1. The molecule has 0 heterocycles. The first-order valence-electron chi connectivity index (χ1n) is 6.06. The summed E-state index contributed by atoms with van der Waals surface area (Å²) in [4.78, 5) is 11.3. The highest BCUT2D eigenvalue weighted by atomic mass is 32.2. The molecule has 0 aromatic rings. The van der Waals surface area contributed by atoms with Crippen molar-refractivity contribution in [2.75, 3.05) is 5.75 Å². The topological polar surface area (TPSA) is 83.5 Å². The van der Waals surface area contributed by atoms with E-state index in [1.165, 1.54) is 0 Å². The van der Waals surface area contributed by atoms with Crippen LogP contribution in [0.5, 0.6) is 0 Å². The molecular weight excluding hydrogens is 242 g/mol. The van der Waals surface area contributed by atoms with E-state index >= 15 is 0 Å². The Bertz CT molecular complexity index is 369. The molecule has 0 aromatic heterocycles. The molecule has 0 aliphatic heterocycles. The summed E-state index contributed by atoms with van der Waals surface area (Å²) in [5.74, 6) is -0.598. The van der Waals surface area contributed by atoms with Gasteiger partial charge < -0.3 is 5.11 Å². The number of sulfonamides is 1. The summed E-state index contributed by atoms with van der Waals surface area (Å²) in [6.45, 7) is 3.82. The molecule has 1 saturated carbocycles. The molecule has 6 heteroatoms. The van der Waals surface area contributed by atoms with Gasteiger partial charge in [0.2, 0.25) is 10.0 Å². The number of carbonyl (C=O) groups is 1. The first-order valence-corrected chi connectivity index (χ1v) is 7.71. The lowest BCUT2D eigenvalue weighted by atomic mass is 9.78. The molecule has 0 radical (unpaired) electrons. The number of hydrogen-bond acceptors (Lipinski definition) is 3. The predicted octanol–water partition coefficient (Wildman–Crippen LogP) is 1.35. The fraction of sp³-hybridized carbons (Fsp3) is 0.909. The van der Waals surface area contributed by atoms with Crippen LogP contribution in [0, 0.1) is 5.92 Å². The van der Waals surface area contributed by atoms with Crippen molar-refractivity contribution in [1.29, 1.82) is 0 Å². The van der Waals surface area contributed by atoms with Crippen molar-refractivity contribution in [3.05, 3.63) is 0 Å². The Labute approximate surface area is 103 Å². The standard InChI is InChI=1S/C11H21NO4S/c1-3-8-17(15,16)12-11(10(13)14)6-4-9(2)5-7-11/h9,12H,3-8H2,1-2H3,(H,13,14). The summed E-state index contributed by atoms with van der Waals surface area (Å²) in [6.07, 6.45) is 2.75. The Morgan fingerprint density at radius 3 is 2.35 bits per heavy atom. The molecular formula is C11H21NO4S. The van der Waals surface area contributed by atoms with E-state index < -0.39 is 21.5 Å². The van der Waals surface area contributed by atoms with E-state index in [9.17, 15) is 18.3 Å². The highest BCUT2D eigenvalue weighted by molar-refractivity contribution is 7.89. The molecule has 1 aliphatic carbocycles. The van der Waals surface area contributed by atoms with Crippen LogP contribution < -0.4 is 4.72 Å². The highest BCUT2D eigenvalue weighted by Crippen LogP contribution is 2.32. The van der Waals surface area contributed by atoms with Crippen LogP contribution >= 0.6 is 0 Å². The van der Waals surface area contributed by atoms with Crippen molar-refractivity contribution in [3.63, 3.8) is 0 Å². The van der Waals surface area contributed by atoms with Crippen LogP contribution in [-0.2, 0) is 14.8 Å². The van der Waals surface area contributed by atoms with Crippen LogP contribution in [0.3, 0.4) is 0 Å². The Morgan fingerprint density at radius 2 is 1.94 bits per heavy atom. The van der Waals surface area contributed by atoms with Gasteiger partial charge in [0.15, 0.2) is 0 Å². The third-order valence-corrected chi connectivity index (χ3v) is 5.01. The van der Waals surface area contributed by atoms with Gasteiger partial charge in [0, 0.05) is 0 Å². The zero-order valence-corrected chi connectivity index (χ0v) is 11.2. The zero-order valence-electron chi connectivity index (χ0n) is 10.4. The van der Waals surface area contributed by atoms with E-state index in [0.29, 0.717) is 25.2 Å². The molecule has 0 saturated heterocycles. The van der Waals surface area contributed by atoms with Crippen LogP contribution in [-0.4, -0.2) is 30.8 Å². The van der Waals surface area contributed by atoms with Crippen LogP contribution in [0.2, 0.25) is 0 Å². The molecule has 1 rings (SSSR count). The van der Waals surface area contributed by atoms with Gasteiger partial charge in [-0.1, -0.05) is 13.8 Å². The van der Waals surface area contributed by atoms with Crippen molar-refractivity contribution in [2.45, 2.75) is 51.5 Å². The second-order valence-electron chi connectivity index (χ2n) is 4.99.